The highest BCUT2D eigenvalue weighted by Crippen LogP contribution is 2.28. The molecule has 5 aliphatic rings. The molecule has 5 heterocycles. The van der Waals surface area contributed by atoms with Crippen molar-refractivity contribution < 1.29 is 58.2 Å². The molecular formula is C28H23N5O12. The van der Waals surface area contributed by atoms with Crippen LogP contribution in [0.1, 0.15) is 0 Å². The SMILES string of the molecule is O=C1C=CC(=O)N1CC(CN1C(=O)C=CC1=O)CN1C(=O)C=C(C2=CC(=O)N(CC(O)C(O)CN3C(=O)C=CC3=O)C2=O)C1=O. The van der Waals surface area contributed by atoms with Crippen LogP contribution in [0.4, 0.5) is 0 Å². The van der Waals surface area contributed by atoms with Gasteiger partial charge in [-0.3, -0.25) is 72.4 Å². The van der Waals surface area contributed by atoms with Crippen molar-refractivity contribution in [3.8, 4) is 0 Å². The predicted octanol–water partition coefficient (Wildman–Crippen LogP) is -4.31. The van der Waals surface area contributed by atoms with E-state index >= 15 is 0 Å². The summed E-state index contributed by atoms with van der Waals surface area (Å²) in [5.41, 5.74) is -0.963. The second-order valence-corrected chi connectivity index (χ2v) is 10.5. The number of carbonyl (C=O) groups is 10. The van der Waals surface area contributed by atoms with Crippen LogP contribution in [0.25, 0.3) is 0 Å². The summed E-state index contributed by atoms with van der Waals surface area (Å²) in [5.74, 6) is -9.15. The minimum Gasteiger partial charge on any atom is -0.388 e. The molecule has 45 heavy (non-hydrogen) atoms. The number of amides is 10. The lowest BCUT2D eigenvalue weighted by Gasteiger charge is -2.29. The summed E-state index contributed by atoms with van der Waals surface area (Å²) in [6.45, 7) is -2.62. The molecule has 5 aliphatic heterocycles. The zero-order valence-electron chi connectivity index (χ0n) is 23.1. The van der Waals surface area contributed by atoms with E-state index in [1.807, 2.05) is 0 Å². The Morgan fingerprint density at radius 1 is 0.400 bits per heavy atom. The number of nitrogens with zero attached hydrogens (tertiary/aromatic N) is 5. The third-order valence-corrected chi connectivity index (χ3v) is 7.52. The minimum absolute atomic E-state index is 0.368. The largest absolute Gasteiger partial charge is 0.388 e. The van der Waals surface area contributed by atoms with Gasteiger partial charge in [0.25, 0.3) is 59.1 Å². The number of aliphatic hydroxyl groups excluding tert-OH is 2. The molecule has 0 spiro atoms. The van der Waals surface area contributed by atoms with Gasteiger partial charge in [-0.2, -0.15) is 0 Å². The molecule has 0 bridgehead atoms. The molecule has 2 N–H and O–H groups in total. The first-order chi connectivity index (χ1) is 21.3. The first kappa shape index (κ1) is 30.8. The van der Waals surface area contributed by atoms with Crippen LogP contribution in [-0.2, 0) is 47.9 Å². The summed E-state index contributed by atoms with van der Waals surface area (Å²) in [6, 6.07) is 0. The molecular weight excluding hydrogens is 598 g/mol. The molecule has 10 amide bonds. The maximum absolute atomic E-state index is 13.3. The molecule has 0 radical (unpaired) electrons. The van der Waals surface area contributed by atoms with E-state index in [-0.39, 0.29) is 13.1 Å². The van der Waals surface area contributed by atoms with Gasteiger partial charge < -0.3 is 10.2 Å². The fourth-order valence-corrected chi connectivity index (χ4v) is 5.15. The van der Waals surface area contributed by atoms with Crippen molar-refractivity contribution in [1.82, 2.24) is 24.5 Å². The Balaban J connectivity index is 1.26. The summed E-state index contributed by atoms with van der Waals surface area (Å²) in [4.78, 5) is 128. The predicted molar refractivity (Wildman–Crippen MR) is 143 cm³/mol. The number of β-amino-alcohol motifs (C(OH)–C–C–N with tert-alkyl or cyclic N) is 2. The molecule has 0 saturated carbocycles. The molecule has 232 valence electrons. The maximum atomic E-state index is 13.3. The Morgan fingerprint density at radius 2 is 0.667 bits per heavy atom. The number of hydrogen-bond donors (Lipinski definition) is 2. The number of carbonyl (C=O) groups excluding carboxylic acids is 10. The second kappa shape index (κ2) is 11.8. The summed E-state index contributed by atoms with van der Waals surface area (Å²) < 4.78 is 0. The summed E-state index contributed by atoms with van der Waals surface area (Å²) in [5, 5.41) is 20.7. The first-order valence-electron chi connectivity index (χ1n) is 13.4. The second-order valence-electron chi connectivity index (χ2n) is 10.5. The Labute approximate surface area is 252 Å². The van der Waals surface area contributed by atoms with Crippen molar-refractivity contribution in [2.24, 2.45) is 5.92 Å². The number of aliphatic hydroxyl groups is 2. The highest BCUT2D eigenvalue weighted by Gasteiger charge is 2.43. The fourth-order valence-electron chi connectivity index (χ4n) is 5.15. The van der Waals surface area contributed by atoms with E-state index in [1.54, 1.807) is 0 Å². The Hall–Kier alpha value is -5.68. The summed E-state index contributed by atoms with van der Waals surface area (Å²) in [6.07, 6.45) is 4.01. The smallest absolute Gasteiger partial charge is 0.261 e. The molecule has 0 aliphatic carbocycles. The monoisotopic (exact) mass is 621 g/mol. The van der Waals surface area contributed by atoms with Crippen molar-refractivity contribution in [2.75, 3.05) is 32.7 Å². The normalized spacial score (nSPS) is 21.4. The fraction of sp³-hybridized carbons (Fsp3) is 0.286. The molecule has 2 unspecified atom stereocenters. The van der Waals surface area contributed by atoms with Crippen LogP contribution in [0.2, 0.25) is 0 Å². The molecule has 17 nitrogen and oxygen atoms in total. The Bertz CT molecular complexity index is 1550. The van der Waals surface area contributed by atoms with Crippen molar-refractivity contribution >= 4 is 59.1 Å². The Morgan fingerprint density at radius 3 is 1.02 bits per heavy atom. The van der Waals surface area contributed by atoms with Gasteiger partial charge in [0.2, 0.25) is 0 Å². The Kier molecular flexibility index (Phi) is 8.05. The summed E-state index contributed by atoms with van der Waals surface area (Å²) >= 11 is 0. The van der Waals surface area contributed by atoms with E-state index in [0.717, 1.165) is 58.4 Å². The van der Waals surface area contributed by atoms with Crippen LogP contribution in [-0.4, -0.2) is 139 Å². The third-order valence-electron chi connectivity index (χ3n) is 7.52. The summed E-state index contributed by atoms with van der Waals surface area (Å²) in [7, 11) is 0. The minimum atomic E-state index is -1.80. The lowest BCUT2D eigenvalue weighted by molar-refractivity contribution is -0.144. The van der Waals surface area contributed by atoms with Crippen molar-refractivity contribution in [3.63, 3.8) is 0 Å². The van der Waals surface area contributed by atoms with Gasteiger partial charge in [0.15, 0.2) is 0 Å². The highest BCUT2D eigenvalue weighted by molar-refractivity contribution is 6.28. The van der Waals surface area contributed by atoms with E-state index in [4.69, 9.17) is 0 Å². The highest BCUT2D eigenvalue weighted by atomic mass is 16.3. The average molecular weight is 622 g/mol. The van der Waals surface area contributed by atoms with Crippen molar-refractivity contribution in [1.29, 1.82) is 0 Å². The zero-order valence-corrected chi connectivity index (χ0v) is 23.1. The van der Waals surface area contributed by atoms with Crippen molar-refractivity contribution in [2.45, 2.75) is 12.2 Å². The topological polar surface area (TPSA) is 227 Å². The third kappa shape index (κ3) is 5.80. The van der Waals surface area contributed by atoms with Gasteiger partial charge >= 0.3 is 0 Å². The lowest BCUT2D eigenvalue weighted by atomic mass is 10.1. The van der Waals surface area contributed by atoms with E-state index < -0.39 is 108 Å². The van der Waals surface area contributed by atoms with Crippen molar-refractivity contribution in [3.05, 3.63) is 59.8 Å². The van der Waals surface area contributed by atoms with Gasteiger partial charge in [0, 0.05) is 74.2 Å². The lowest BCUT2D eigenvalue weighted by Crippen LogP contribution is -2.48. The quantitative estimate of drug-likeness (QED) is 0.197. The van der Waals surface area contributed by atoms with Crippen LogP contribution in [0.15, 0.2) is 59.8 Å². The molecule has 0 aromatic heterocycles. The average Bonchev–Trinajstić information content (AvgIpc) is 3.74. The molecule has 0 saturated heterocycles. The van der Waals surface area contributed by atoms with Gasteiger partial charge in [-0.05, 0) is 0 Å². The number of rotatable bonds is 12. The molecule has 2 atom stereocenters. The zero-order chi connectivity index (χ0) is 32.7. The van der Waals surface area contributed by atoms with E-state index in [9.17, 15) is 58.2 Å². The molecule has 0 aromatic carbocycles. The van der Waals surface area contributed by atoms with Gasteiger partial charge in [0.05, 0.1) is 36.4 Å². The van der Waals surface area contributed by atoms with E-state index in [0.29, 0.717) is 14.7 Å². The van der Waals surface area contributed by atoms with Gasteiger partial charge in [-0.1, -0.05) is 0 Å². The van der Waals surface area contributed by atoms with E-state index in [1.165, 1.54) is 0 Å². The van der Waals surface area contributed by atoms with Crippen LogP contribution in [0, 0.1) is 5.92 Å². The van der Waals surface area contributed by atoms with Crippen LogP contribution in [0.5, 0.6) is 0 Å². The van der Waals surface area contributed by atoms with Gasteiger partial charge in [-0.15, -0.1) is 0 Å². The van der Waals surface area contributed by atoms with Crippen LogP contribution < -0.4 is 0 Å². The van der Waals surface area contributed by atoms with Crippen LogP contribution >= 0.6 is 0 Å². The van der Waals surface area contributed by atoms with Gasteiger partial charge in [0.1, 0.15) is 0 Å². The maximum Gasteiger partial charge on any atom is 0.261 e. The molecule has 0 aromatic rings. The van der Waals surface area contributed by atoms with Gasteiger partial charge in [-0.25, -0.2) is 0 Å². The molecule has 5 rings (SSSR count). The van der Waals surface area contributed by atoms with Crippen LogP contribution in [0.3, 0.4) is 0 Å². The molecule has 17 heteroatoms. The van der Waals surface area contributed by atoms with E-state index in [2.05, 4.69) is 0 Å². The number of imide groups is 5. The molecule has 0 fully saturated rings. The standard InChI is InChI=1S/C28H23N5O12/c34-17(12-31-23(40)5-6-24(31)41)18(35)13-33-26(43)8-16(28(33)45)15-7-25(42)32(27(15)44)11-14(9-29-19(36)1-2-20(29)37)10-30-21(38)3-4-22(30)39/h1-8,14,17-18,34-35H,9-13H2. The first-order valence-corrected chi connectivity index (χ1v) is 13.4. The number of hydrogen-bond acceptors (Lipinski definition) is 12.